The van der Waals surface area contributed by atoms with Crippen molar-refractivity contribution in [3.63, 3.8) is 0 Å². The van der Waals surface area contributed by atoms with E-state index in [4.69, 9.17) is 9.31 Å². The highest BCUT2D eigenvalue weighted by molar-refractivity contribution is 6.62. The number of amides is 1. The molecule has 1 fully saturated rings. The molecule has 29 heavy (non-hydrogen) atoms. The number of carbonyl (C=O) groups excluding carboxylic acids is 1. The van der Waals surface area contributed by atoms with Crippen molar-refractivity contribution in [3.8, 4) is 0 Å². The van der Waals surface area contributed by atoms with Crippen LogP contribution in [0.15, 0.2) is 48.8 Å². The van der Waals surface area contributed by atoms with Crippen LogP contribution in [-0.2, 0) is 9.31 Å². The lowest BCUT2D eigenvalue weighted by atomic mass is 9.78. The van der Waals surface area contributed by atoms with Gasteiger partial charge in [0.1, 0.15) is 5.69 Å². The first-order valence-electron chi connectivity index (χ1n) is 9.66. The summed E-state index contributed by atoms with van der Waals surface area (Å²) in [4.78, 5) is 17.1. The summed E-state index contributed by atoms with van der Waals surface area (Å²) in [5.74, 6) is -0.307. The molecule has 0 bridgehead atoms. The molecule has 1 saturated heterocycles. The standard InChI is InChI=1S/C21H23BN4O3/c1-5-21(4)20(2,3)28-22(29-21)15-8-6-14-7-9-17(26-18(14)12-15)19(27)25-16-10-11-23-24-13-16/h6-13H,5H2,1-4H3,(H,23,25,27). The smallest absolute Gasteiger partial charge is 0.399 e. The van der Waals surface area contributed by atoms with Gasteiger partial charge in [0.25, 0.3) is 5.91 Å². The van der Waals surface area contributed by atoms with Gasteiger partial charge in [0.15, 0.2) is 0 Å². The predicted molar refractivity (Wildman–Crippen MR) is 112 cm³/mol. The average Bonchev–Trinajstić information content (AvgIpc) is 2.97. The fourth-order valence-electron chi connectivity index (χ4n) is 3.41. The maximum absolute atomic E-state index is 12.5. The largest absolute Gasteiger partial charge is 0.494 e. The van der Waals surface area contributed by atoms with Crippen molar-refractivity contribution in [2.75, 3.05) is 5.32 Å². The van der Waals surface area contributed by atoms with E-state index in [0.29, 0.717) is 16.9 Å². The molecule has 1 N–H and O–H groups in total. The monoisotopic (exact) mass is 390 g/mol. The topological polar surface area (TPSA) is 86.2 Å². The third-order valence-corrected chi connectivity index (χ3v) is 5.78. The minimum atomic E-state index is -0.471. The van der Waals surface area contributed by atoms with Crippen LogP contribution in [0.2, 0.25) is 0 Å². The zero-order valence-electron chi connectivity index (χ0n) is 17.0. The van der Waals surface area contributed by atoms with E-state index in [1.165, 1.54) is 12.4 Å². The summed E-state index contributed by atoms with van der Waals surface area (Å²) in [5, 5.41) is 11.2. The summed E-state index contributed by atoms with van der Waals surface area (Å²) in [6, 6.07) is 11.1. The van der Waals surface area contributed by atoms with Gasteiger partial charge in [-0.05, 0) is 50.9 Å². The quantitative estimate of drug-likeness (QED) is 0.690. The van der Waals surface area contributed by atoms with E-state index in [1.807, 2.05) is 38.1 Å². The summed E-state index contributed by atoms with van der Waals surface area (Å²) in [6.07, 6.45) is 3.84. The van der Waals surface area contributed by atoms with Crippen molar-refractivity contribution >= 4 is 35.1 Å². The normalized spacial score (nSPS) is 20.8. The molecule has 8 heteroatoms. The molecular formula is C21H23BN4O3. The van der Waals surface area contributed by atoms with Gasteiger partial charge in [0.2, 0.25) is 0 Å². The van der Waals surface area contributed by atoms with Crippen molar-refractivity contribution in [3.05, 3.63) is 54.5 Å². The molecule has 1 unspecified atom stereocenters. The van der Waals surface area contributed by atoms with Gasteiger partial charge in [-0.1, -0.05) is 25.1 Å². The van der Waals surface area contributed by atoms with Crippen molar-refractivity contribution in [1.29, 1.82) is 0 Å². The number of hydrogen-bond acceptors (Lipinski definition) is 6. The molecule has 1 aliphatic rings. The van der Waals surface area contributed by atoms with Gasteiger partial charge in [-0.2, -0.15) is 10.2 Å². The highest BCUT2D eigenvalue weighted by Gasteiger charge is 2.53. The molecule has 0 saturated carbocycles. The van der Waals surface area contributed by atoms with Gasteiger partial charge in [-0.15, -0.1) is 0 Å². The zero-order valence-corrected chi connectivity index (χ0v) is 17.0. The molecule has 1 atom stereocenters. The number of anilines is 1. The number of fused-ring (bicyclic) bond motifs is 1. The molecule has 1 amide bonds. The Morgan fingerprint density at radius 1 is 1.10 bits per heavy atom. The van der Waals surface area contributed by atoms with Crippen LogP contribution in [-0.4, -0.2) is 39.4 Å². The second-order valence-corrected chi connectivity index (χ2v) is 7.90. The minimum Gasteiger partial charge on any atom is -0.399 e. The molecular weight excluding hydrogens is 367 g/mol. The van der Waals surface area contributed by atoms with Crippen molar-refractivity contribution in [2.45, 2.75) is 45.3 Å². The Kier molecular flexibility index (Phi) is 4.84. The van der Waals surface area contributed by atoms with Crippen molar-refractivity contribution < 1.29 is 14.1 Å². The third-order valence-electron chi connectivity index (χ3n) is 5.78. The Bertz CT molecular complexity index is 1060. The van der Waals surface area contributed by atoms with Crippen LogP contribution in [0.1, 0.15) is 44.6 Å². The summed E-state index contributed by atoms with van der Waals surface area (Å²) in [7, 11) is -0.471. The molecule has 3 aromatic rings. The Morgan fingerprint density at radius 2 is 1.90 bits per heavy atom. The first-order chi connectivity index (χ1) is 13.8. The van der Waals surface area contributed by atoms with Gasteiger partial charge >= 0.3 is 7.12 Å². The van der Waals surface area contributed by atoms with Gasteiger partial charge in [0, 0.05) is 5.39 Å². The summed E-state index contributed by atoms with van der Waals surface area (Å²) >= 11 is 0. The Labute approximate surface area is 170 Å². The lowest BCUT2D eigenvalue weighted by molar-refractivity contribution is -0.0118. The number of benzene rings is 1. The van der Waals surface area contributed by atoms with Crippen LogP contribution in [0.25, 0.3) is 10.9 Å². The summed E-state index contributed by atoms with van der Waals surface area (Å²) in [5.41, 5.74) is 1.69. The average molecular weight is 390 g/mol. The van der Waals surface area contributed by atoms with Gasteiger partial charge in [-0.3, -0.25) is 4.79 Å². The SMILES string of the molecule is CCC1(C)OB(c2ccc3ccc(C(=O)Nc4ccnnc4)nc3c2)OC1(C)C. The molecule has 0 spiro atoms. The lowest BCUT2D eigenvalue weighted by Crippen LogP contribution is -2.44. The van der Waals surface area contributed by atoms with Gasteiger partial charge < -0.3 is 14.6 Å². The molecule has 3 heterocycles. The number of pyridine rings is 1. The van der Waals surface area contributed by atoms with E-state index in [0.717, 1.165) is 17.3 Å². The van der Waals surface area contributed by atoms with E-state index < -0.39 is 12.7 Å². The van der Waals surface area contributed by atoms with Crippen LogP contribution in [0, 0.1) is 0 Å². The molecule has 1 aromatic carbocycles. The summed E-state index contributed by atoms with van der Waals surface area (Å²) in [6.45, 7) is 8.26. The van der Waals surface area contributed by atoms with Gasteiger partial charge in [-0.25, -0.2) is 4.98 Å². The number of carbonyl (C=O) groups is 1. The summed E-state index contributed by atoms with van der Waals surface area (Å²) < 4.78 is 12.5. The highest BCUT2D eigenvalue weighted by atomic mass is 16.7. The Morgan fingerprint density at radius 3 is 2.59 bits per heavy atom. The van der Waals surface area contributed by atoms with Gasteiger partial charge in [0.05, 0.1) is 34.8 Å². The fourth-order valence-corrected chi connectivity index (χ4v) is 3.41. The Hall–Kier alpha value is -2.84. The van der Waals surface area contributed by atoms with Crippen LogP contribution in [0.4, 0.5) is 5.69 Å². The van der Waals surface area contributed by atoms with E-state index in [2.05, 4.69) is 34.3 Å². The molecule has 4 rings (SSSR count). The van der Waals surface area contributed by atoms with Crippen molar-refractivity contribution in [2.24, 2.45) is 0 Å². The fraction of sp³-hybridized carbons (Fsp3) is 0.333. The molecule has 148 valence electrons. The second kappa shape index (κ2) is 7.20. The van der Waals surface area contributed by atoms with Crippen LogP contribution in [0.5, 0.6) is 0 Å². The molecule has 2 aromatic heterocycles. The van der Waals surface area contributed by atoms with E-state index >= 15 is 0 Å². The van der Waals surface area contributed by atoms with Crippen LogP contribution < -0.4 is 10.8 Å². The van der Waals surface area contributed by atoms with E-state index in [-0.39, 0.29) is 11.5 Å². The van der Waals surface area contributed by atoms with Crippen molar-refractivity contribution in [1.82, 2.24) is 15.2 Å². The molecule has 0 aliphatic carbocycles. The van der Waals surface area contributed by atoms with E-state index in [1.54, 1.807) is 12.1 Å². The molecule has 1 aliphatic heterocycles. The predicted octanol–water partition coefficient (Wildman–Crippen LogP) is 2.97. The number of rotatable bonds is 4. The number of nitrogens with zero attached hydrogens (tertiary/aromatic N) is 3. The third kappa shape index (κ3) is 3.61. The molecule has 0 radical (unpaired) electrons. The number of aromatic nitrogens is 3. The maximum Gasteiger partial charge on any atom is 0.494 e. The van der Waals surface area contributed by atoms with Crippen LogP contribution >= 0.6 is 0 Å². The first-order valence-corrected chi connectivity index (χ1v) is 9.66. The number of nitrogens with one attached hydrogen (secondary N) is 1. The highest BCUT2D eigenvalue weighted by Crippen LogP contribution is 2.39. The van der Waals surface area contributed by atoms with E-state index in [9.17, 15) is 4.79 Å². The number of hydrogen-bond donors (Lipinski definition) is 1. The second-order valence-electron chi connectivity index (χ2n) is 7.90. The minimum absolute atomic E-state index is 0.307. The lowest BCUT2D eigenvalue weighted by Gasteiger charge is -2.35. The maximum atomic E-state index is 12.5. The zero-order chi connectivity index (χ0) is 20.6. The first kappa shape index (κ1) is 19.5. The van der Waals surface area contributed by atoms with Crippen LogP contribution in [0.3, 0.4) is 0 Å². The molecule has 7 nitrogen and oxygen atoms in total. The Balaban J connectivity index is 1.61.